The van der Waals surface area contributed by atoms with Crippen LogP contribution in [0.3, 0.4) is 0 Å². The van der Waals surface area contributed by atoms with Crippen molar-refractivity contribution in [2.45, 2.75) is 17.9 Å². The van der Waals surface area contributed by atoms with Gasteiger partial charge in [-0.2, -0.15) is 9.57 Å². The first kappa shape index (κ1) is 17.9. The molecule has 0 spiro atoms. The van der Waals surface area contributed by atoms with Crippen LogP contribution in [0.25, 0.3) is 0 Å². The summed E-state index contributed by atoms with van der Waals surface area (Å²) in [5, 5.41) is 8.91. The van der Waals surface area contributed by atoms with E-state index in [0.717, 1.165) is 0 Å². The van der Waals surface area contributed by atoms with Crippen molar-refractivity contribution in [2.24, 2.45) is 5.73 Å². The fraction of sp³-hybridized carbons (Fsp3) is 0.462. The molecular formula is C13H18ClN3O3S. The zero-order chi connectivity index (χ0) is 14.8. The van der Waals surface area contributed by atoms with Crippen molar-refractivity contribution < 1.29 is 13.2 Å². The van der Waals surface area contributed by atoms with Crippen LogP contribution in [-0.2, 0) is 14.8 Å². The first-order valence-electron chi connectivity index (χ1n) is 6.31. The van der Waals surface area contributed by atoms with Gasteiger partial charge in [0.15, 0.2) is 0 Å². The van der Waals surface area contributed by atoms with Gasteiger partial charge in [0.2, 0.25) is 10.0 Å². The smallest absolute Gasteiger partial charge is 0.243 e. The molecule has 1 heterocycles. The minimum absolute atomic E-state index is 0. The number of nitrogens with two attached hydrogens (primary N) is 1. The third kappa shape index (κ3) is 3.73. The molecule has 1 aliphatic rings. The molecule has 1 saturated heterocycles. The van der Waals surface area contributed by atoms with Gasteiger partial charge in [-0.15, -0.1) is 12.4 Å². The van der Waals surface area contributed by atoms with Crippen molar-refractivity contribution in [3.8, 4) is 6.07 Å². The molecule has 1 aromatic rings. The molecule has 2 rings (SSSR count). The molecule has 2 N–H and O–H groups in total. The molecular weight excluding hydrogens is 314 g/mol. The van der Waals surface area contributed by atoms with E-state index in [0.29, 0.717) is 24.3 Å². The maximum absolute atomic E-state index is 12.7. The van der Waals surface area contributed by atoms with Crippen LogP contribution >= 0.6 is 12.4 Å². The van der Waals surface area contributed by atoms with Crippen molar-refractivity contribution in [3.63, 3.8) is 0 Å². The number of nitriles is 1. The number of sulfonamides is 1. The number of nitrogens with zero attached hydrogens (tertiary/aromatic N) is 2. The zero-order valence-corrected chi connectivity index (χ0v) is 13.3. The van der Waals surface area contributed by atoms with Crippen molar-refractivity contribution in [3.05, 3.63) is 29.3 Å². The van der Waals surface area contributed by atoms with E-state index in [4.69, 9.17) is 15.7 Å². The normalized spacial score (nSPS) is 19.6. The van der Waals surface area contributed by atoms with E-state index in [2.05, 4.69) is 0 Å². The van der Waals surface area contributed by atoms with Crippen LogP contribution in [0.4, 0.5) is 0 Å². The van der Waals surface area contributed by atoms with Gasteiger partial charge in [0.05, 0.1) is 29.2 Å². The lowest BCUT2D eigenvalue weighted by Gasteiger charge is -2.31. The largest absolute Gasteiger partial charge is 0.374 e. The Hall–Kier alpha value is -1.17. The number of halogens is 1. The summed E-state index contributed by atoms with van der Waals surface area (Å²) in [6.07, 6.45) is -0.280. The highest BCUT2D eigenvalue weighted by molar-refractivity contribution is 7.89. The number of rotatable bonds is 3. The van der Waals surface area contributed by atoms with E-state index in [1.807, 2.05) is 6.07 Å². The maximum Gasteiger partial charge on any atom is 0.243 e. The van der Waals surface area contributed by atoms with Crippen LogP contribution < -0.4 is 5.73 Å². The van der Waals surface area contributed by atoms with Crippen LogP contribution in [0.5, 0.6) is 0 Å². The van der Waals surface area contributed by atoms with Crippen molar-refractivity contribution in [1.82, 2.24) is 4.31 Å². The summed E-state index contributed by atoms with van der Waals surface area (Å²) in [6.45, 7) is 2.88. The summed E-state index contributed by atoms with van der Waals surface area (Å²) in [5.74, 6) is 0. The molecule has 8 heteroatoms. The number of ether oxygens (including phenoxy) is 1. The Morgan fingerprint density at radius 3 is 2.86 bits per heavy atom. The quantitative estimate of drug-likeness (QED) is 0.876. The van der Waals surface area contributed by atoms with Crippen LogP contribution in [0.2, 0.25) is 0 Å². The SMILES string of the molecule is Cc1ccc(C#N)cc1S(=O)(=O)N1CCOC(CN)C1.Cl. The second kappa shape index (κ2) is 7.20. The molecule has 1 atom stereocenters. The summed E-state index contributed by atoms with van der Waals surface area (Å²) in [7, 11) is -3.62. The molecule has 0 radical (unpaired) electrons. The molecule has 0 aromatic heterocycles. The maximum atomic E-state index is 12.7. The third-order valence-electron chi connectivity index (χ3n) is 3.30. The molecule has 1 fully saturated rings. The monoisotopic (exact) mass is 331 g/mol. The number of benzene rings is 1. The van der Waals surface area contributed by atoms with Gasteiger partial charge in [0.25, 0.3) is 0 Å². The van der Waals surface area contributed by atoms with E-state index < -0.39 is 10.0 Å². The highest BCUT2D eigenvalue weighted by Crippen LogP contribution is 2.23. The second-order valence-corrected chi connectivity index (χ2v) is 6.59. The molecule has 0 amide bonds. The van der Waals surface area contributed by atoms with Gasteiger partial charge in [-0.3, -0.25) is 0 Å². The minimum Gasteiger partial charge on any atom is -0.374 e. The predicted molar refractivity (Wildman–Crippen MR) is 80.7 cm³/mol. The Balaban J connectivity index is 0.00000220. The molecule has 0 saturated carbocycles. The summed E-state index contributed by atoms with van der Waals surface area (Å²) < 4.78 is 32.1. The predicted octanol–water partition coefficient (Wildman–Crippen LogP) is 0.637. The van der Waals surface area contributed by atoms with E-state index in [1.165, 1.54) is 10.4 Å². The first-order chi connectivity index (χ1) is 9.48. The molecule has 1 unspecified atom stereocenters. The second-order valence-electron chi connectivity index (χ2n) is 4.68. The average Bonchev–Trinajstić information content (AvgIpc) is 2.47. The Morgan fingerprint density at radius 2 is 2.24 bits per heavy atom. The molecule has 6 nitrogen and oxygen atoms in total. The van der Waals surface area contributed by atoms with Gasteiger partial charge in [0.1, 0.15) is 0 Å². The van der Waals surface area contributed by atoms with Gasteiger partial charge in [-0.1, -0.05) is 6.07 Å². The lowest BCUT2D eigenvalue weighted by Crippen LogP contribution is -2.48. The summed E-state index contributed by atoms with van der Waals surface area (Å²) in [5.41, 5.74) is 6.49. The Morgan fingerprint density at radius 1 is 1.52 bits per heavy atom. The molecule has 116 valence electrons. The summed E-state index contributed by atoms with van der Waals surface area (Å²) >= 11 is 0. The van der Waals surface area contributed by atoms with Crippen LogP contribution in [-0.4, -0.2) is 45.1 Å². The number of hydrogen-bond acceptors (Lipinski definition) is 5. The standard InChI is InChI=1S/C13H17N3O3S.ClH/c1-10-2-3-11(7-14)6-13(10)20(17,18)16-4-5-19-12(8-15)9-16;/h2-3,6,12H,4-5,8-9,15H2,1H3;1H. The molecule has 0 aliphatic carbocycles. The highest BCUT2D eigenvalue weighted by Gasteiger charge is 2.31. The average molecular weight is 332 g/mol. The fourth-order valence-corrected chi connectivity index (χ4v) is 3.85. The van der Waals surface area contributed by atoms with Crippen LogP contribution in [0, 0.1) is 18.3 Å². The lowest BCUT2D eigenvalue weighted by molar-refractivity contribution is 0.00449. The van der Waals surface area contributed by atoms with Gasteiger partial charge in [0, 0.05) is 19.6 Å². The summed E-state index contributed by atoms with van der Waals surface area (Å²) in [6, 6.07) is 6.63. The van der Waals surface area contributed by atoms with E-state index >= 15 is 0 Å². The van der Waals surface area contributed by atoms with Gasteiger partial charge in [-0.05, 0) is 24.6 Å². The Bertz CT molecular complexity index is 643. The fourth-order valence-electron chi connectivity index (χ4n) is 2.14. The Kier molecular flexibility index (Phi) is 6.13. The number of morpholine rings is 1. The molecule has 1 aromatic carbocycles. The lowest BCUT2D eigenvalue weighted by atomic mass is 10.2. The number of aryl methyl sites for hydroxylation is 1. The van der Waals surface area contributed by atoms with Crippen LogP contribution in [0.15, 0.2) is 23.1 Å². The van der Waals surface area contributed by atoms with E-state index in [-0.39, 0.29) is 36.5 Å². The van der Waals surface area contributed by atoms with Gasteiger partial charge in [-0.25, -0.2) is 8.42 Å². The first-order valence-corrected chi connectivity index (χ1v) is 7.75. The highest BCUT2D eigenvalue weighted by atomic mass is 35.5. The van der Waals surface area contributed by atoms with Crippen molar-refractivity contribution in [1.29, 1.82) is 5.26 Å². The summed E-state index contributed by atoms with van der Waals surface area (Å²) in [4.78, 5) is 0.175. The van der Waals surface area contributed by atoms with Crippen molar-refractivity contribution >= 4 is 22.4 Å². The van der Waals surface area contributed by atoms with E-state index in [1.54, 1.807) is 19.1 Å². The van der Waals surface area contributed by atoms with Crippen LogP contribution in [0.1, 0.15) is 11.1 Å². The van der Waals surface area contributed by atoms with Gasteiger partial charge >= 0.3 is 0 Å². The van der Waals surface area contributed by atoms with Gasteiger partial charge < -0.3 is 10.5 Å². The minimum atomic E-state index is -3.62. The third-order valence-corrected chi connectivity index (χ3v) is 5.31. The van der Waals surface area contributed by atoms with E-state index in [9.17, 15) is 8.42 Å². The molecule has 21 heavy (non-hydrogen) atoms. The zero-order valence-electron chi connectivity index (χ0n) is 11.7. The molecule has 0 bridgehead atoms. The molecule has 1 aliphatic heterocycles. The van der Waals surface area contributed by atoms with Crippen molar-refractivity contribution in [2.75, 3.05) is 26.2 Å². The number of hydrogen-bond donors (Lipinski definition) is 1. The topological polar surface area (TPSA) is 96.4 Å². The Labute approximate surface area is 130 Å².